The fourth-order valence-electron chi connectivity index (χ4n) is 4.76. The van der Waals surface area contributed by atoms with Gasteiger partial charge in [-0.15, -0.1) is 0 Å². The molecule has 11 nitrogen and oxygen atoms in total. The number of benzene rings is 1. The fourth-order valence-corrected chi connectivity index (χ4v) is 4.76. The lowest BCUT2D eigenvalue weighted by atomic mass is 9.93. The molecule has 1 aromatic carbocycles. The number of carbonyl (C=O) groups excluding carboxylic acids is 3. The molecule has 37 heavy (non-hydrogen) atoms. The van der Waals surface area contributed by atoms with Crippen LogP contribution in [-0.4, -0.2) is 99.4 Å². The summed E-state index contributed by atoms with van der Waals surface area (Å²) in [6, 6.07) is 4.11. The summed E-state index contributed by atoms with van der Waals surface area (Å²) in [6.07, 6.45) is 0.782. The largest absolute Gasteiger partial charge is 0.497 e. The average molecular weight is 518 g/mol. The second-order valence-corrected chi connectivity index (χ2v) is 8.77. The van der Waals surface area contributed by atoms with Crippen molar-refractivity contribution in [1.29, 1.82) is 0 Å². The summed E-state index contributed by atoms with van der Waals surface area (Å²) < 4.78 is 16.5. The average Bonchev–Trinajstić information content (AvgIpc) is 3.14. The Hall–Kier alpha value is -3.47. The Bertz CT molecular complexity index is 1010. The Morgan fingerprint density at radius 2 is 1.86 bits per heavy atom. The van der Waals surface area contributed by atoms with Crippen molar-refractivity contribution in [2.75, 3.05) is 66.6 Å². The zero-order chi connectivity index (χ0) is 26.9. The number of hydrogen-bond acceptors (Lipinski definition) is 7. The minimum Gasteiger partial charge on any atom is -0.497 e. The van der Waals surface area contributed by atoms with Gasteiger partial charge in [0.05, 0.1) is 32.4 Å². The molecule has 1 fully saturated rings. The van der Waals surface area contributed by atoms with Gasteiger partial charge in [-0.25, -0.2) is 14.4 Å². The van der Waals surface area contributed by atoms with E-state index in [9.17, 15) is 14.4 Å². The molecule has 0 aliphatic carbocycles. The quantitative estimate of drug-likeness (QED) is 0.484. The van der Waals surface area contributed by atoms with E-state index in [-0.39, 0.29) is 18.7 Å². The third-order valence-electron chi connectivity index (χ3n) is 6.57. The van der Waals surface area contributed by atoms with Gasteiger partial charge in [0, 0.05) is 57.1 Å². The number of rotatable bonds is 9. The summed E-state index contributed by atoms with van der Waals surface area (Å²) in [4.78, 5) is 44.6. The van der Waals surface area contributed by atoms with Gasteiger partial charge in [0.15, 0.2) is 0 Å². The van der Waals surface area contributed by atoms with E-state index in [0.29, 0.717) is 67.6 Å². The van der Waals surface area contributed by atoms with Crippen molar-refractivity contribution in [3.63, 3.8) is 0 Å². The zero-order valence-corrected chi connectivity index (χ0v) is 22.5. The maximum atomic E-state index is 13.4. The molecule has 3 rings (SSSR count). The molecule has 0 aromatic heterocycles. The number of carbonyl (C=O) groups is 3. The molecule has 204 valence electrons. The SMILES string of the molecule is CCNC(=O)N1CCCN(CC2=C(C(=O)OCC)[C@H](c3cc(OC)ccc3OC)NC(=O)N2CC)CC1. The van der Waals surface area contributed by atoms with Crippen molar-refractivity contribution in [2.24, 2.45) is 0 Å². The number of methoxy groups -OCH3 is 2. The summed E-state index contributed by atoms with van der Waals surface area (Å²) in [7, 11) is 3.10. The van der Waals surface area contributed by atoms with Crippen molar-refractivity contribution < 1.29 is 28.6 Å². The van der Waals surface area contributed by atoms with Crippen LogP contribution >= 0.6 is 0 Å². The summed E-state index contributed by atoms with van der Waals surface area (Å²) in [5, 5.41) is 5.83. The summed E-state index contributed by atoms with van der Waals surface area (Å²) in [6.45, 7) is 9.57. The summed E-state index contributed by atoms with van der Waals surface area (Å²) >= 11 is 0. The Kier molecular flexibility index (Phi) is 10.0. The first-order chi connectivity index (χ1) is 17.9. The Morgan fingerprint density at radius 3 is 2.51 bits per heavy atom. The lowest BCUT2D eigenvalue weighted by molar-refractivity contribution is -0.139. The molecule has 1 saturated heterocycles. The molecule has 0 saturated carbocycles. The van der Waals surface area contributed by atoms with Crippen LogP contribution in [0.4, 0.5) is 9.59 Å². The molecule has 0 radical (unpaired) electrons. The molecule has 1 atom stereocenters. The van der Waals surface area contributed by atoms with Crippen LogP contribution in [-0.2, 0) is 9.53 Å². The van der Waals surface area contributed by atoms with E-state index in [4.69, 9.17) is 14.2 Å². The van der Waals surface area contributed by atoms with Gasteiger partial charge in [-0.2, -0.15) is 0 Å². The molecular weight excluding hydrogens is 478 g/mol. The summed E-state index contributed by atoms with van der Waals surface area (Å²) in [5.41, 5.74) is 1.55. The van der Waals surface area contributed by atoms with Crippen LogP contribution in [0.2, 0.25) is 0 Å². The van der Waals surface area contributed by atoms with E-state index in [0.717, 1.165) is 13.0 Å². The van der Waals surface area contributed by atoms with Gasteiger partial charge in [0.25, 0.3) is 0 Å². The maximum Gasteiger partial charge on any atom is 0.338 e. The lowest BCUT2D eigenvalue weighted by Crippen LogP contribution is -2.51. The molecule has 2 aliphatic rings. The van der Waals surface area contributed by atoms with E-state index in [1.807, 2.05) is 13.8 Å². The van der Waals surface area contributed by atoms with Crippen molar-refractivity contribution in [1.82, 2.24) is 25.3 Å². The van der Waals surface area contributed by atoms with Crippen LogP contribution in [0, 0.1) is 0 Å². The van der Waals surface area contributed by atoms with Gasteiger partial charge < -0.3 is 29.7 Å². The molecule has 0 unspecified atom stereocenters. The third kappa shape index (κ3) is 6.46. The van der Waals surface area contributed by atoms with E-state index in [1.54, 1.807) is 49.1 Å². The first kappa shape index (κ1) is 28.1. The van der Waals surface area contributed by atoms with Gasteiger partial charge in [-0.05, 0) is 45.4 Å². The number of likely N-dealkylation sites (N-methyl/N-ethyl adjacent to an activating group) is 1. The molecule has 0 bridgehead atoms. The predicted octanol–water partition coefficient (Wildman–Crippen LogP) is 2.34. The highest BCUT2D eigenvalue weighted by Gasteiger charge is 2.39. The van der Waals surface area contributed by atoms with Crippen LogP contribution in [0.1, 0.15) is 38.8 Å². The smallest absolute Gasteiger partial charge is 0.338 e. The molecule has 2 N–H and O–H groups in total. The third-order valence-corrected chi connectivity index (χ3v) is 6.57. The Morgan fingerprint density at radius 1 is 1.08 bits per heavy atom. The number of esters is 1. The number of nitrogens with zero attached hydrogens (tertiary/aromatic N) is 3. The second-order valence-electron chi connectivity index (χ2n) is 8.77. The molecule has 4 amide bonds. The molecular formula is C26H39N5O6. The number of urea groups is 2. The molecule has 11 heteroatoms. The van der Waals surface area contributed by atoms with Crippen molar-refractivity contribution in [3.8, 4) is 11.5 Å². The Balaban J connectivity index is 2.04. The number of nitrogens with one attached hydrogen (secondary N) is 2. The van der Waals surface area contributed by atoms with Gasteiger partial charge in [0.2, 0.25) is 0 Å². The standard InChI is InChI=1S/C26H39N5O6/c1-6-27-25(33)30-13-9-12-29(14-15-30)17-20-22(24(32)37-8-3)23(28-26(34)31(20)7-2)19-16-18(35-4)10-11-21(19)36-5/h10-11,16,23H,6-9,12-15,17H2,1-5H3,(H,27,33)(H,28,34)/t23-/m0/s1. The molecule has 2 aliphatic heterocycles. The van der Waals surface area contributed by atoms with Gasteiger partial charge in [0.1, 0.15) is 11.5 Å². The van der Waals surface area contributed by atoms with Crippen LogP contribution < -0.4 is 20.1 Å². The van der Waals surface area contributed by atoms with E-state index >= 15 is 0 Å². The van der Waals surface area contributed by atoms with E-state index in [1.165, 1.54) is 0 Å². The lowest BCUT2D eigenvalue weighted by Gasteiger charge is -2.38. The summed E-state index contributed by atoms with van der Waals surface area (Å²) in [5.74, 6) is 0.597. The highest BCUT2D eigenvalue weighted by atomic mass is 16.5. The second kappa shape index (κ2) is 13.2. The first-order valence-electron chi connectivity index (χ1n) is 12.8. The van der Waals surface area contributed by atoms with Crippen LogP contribution in [0.3, 0.4) is 0 Å². The van der Waals surface area contributed by atoms with Crippen LogP contribution in [0.15, 0.2) is 29.5 Å². The first-order valence-corrected chi connectivity index (χ1v) is 12.8. The van der Waals surface area contributed by atoms with Crippen molar-refractivity contribution in [3.05, 3.63) is 35.0 Å². The van der Waals surface area contributed by atoms with E-state index in [2.05, 4.69) is 15.5 Å². The number of amides is 4. The maximum absolute atomic E-state index is 13.4. The normalized spacial score (nSPS) is 18.7. The molecule has 0 spiro atoms. The number of hydrogen-bond donors (Lipinski definition) is 2. The molecule has 2 heterocycles. The fraction of sp³-hybridized carbons (Fsp3) is 0.577. The Labute approximate surface area is 218 Å². The minimum absolute atomic E-state index is 0.0757. The van der Waals surface area contributed by atoms with Crippen LogP contribution in [0.5, 0.6) is 11.5 Å². The monoisotopic (exact) mass is 517 g/mol. The zero-order valence-electron chi connectivity index (χ0n) is 22.5. The van der Waals surface area contributed by atoms with Crippen LogP contribution in [0.25, 0.3) is 0 Å². The highest BCUT2D eigenvalue weighted by molar-refractivity contribution is 5.95. The van der Waals surface area contributed by atoms with Crippen molar-refractivity contribution in [2.45, 2.75) is 33.2 Å². The van der Waals surface area contributed by atoms with Gasteiger partial charge in [-0.3, -0.25) is 9.80 Å². The number of ether oxygens (including phenoxy) is 3. The van der Waals surface area contributed by atoms with E-state index < -0.39 is 12.0 Å². The molecule has 1 aromatic rings. The predicted molar refractivity (Wildman–Crippen MR) is 139 cm³/mol. The highest BCUT2D eigenvalue weighted by Crippen LogP contribution is 2.38. The van der Waals surface area contributed by atoms with Crippen molar-refractivity contribution >= 4 is 18.0 Å². The van der Waals surface area contributed by atoms with Gasteiger partial charge in [-0.1, -0.05) is 0 Å². The minimum atomic E-state index is -0.784. The topological polar surface area (TPSA) is 113 Å². The van der Waals surface area contributed by atoms with Gasteiger partial charge >= 0.3 is 18.0 Å².